The summed E-state index contributed by atoms with van der Waals surface area (Å²) in [6.45, 7) is 5.15. The Bertz CT molecular complexity index is 742. The number of hydrogen-bond acceptors (Lipinski definition) is 3. The minimum absolute atomic E-state index is 0.123. The van der Waals surface area contributed by atoms with Crippen LogP contribution in [-0.2, 0) is 9.59 Å². The van der Waals surface area contributed by atoms with Gasteiger partial charge in [-0.1, -0.05) is 0 Å². The Balaban J connectivity index is 2.01. The lowest BCUT2D eigenvalue weighted by molar-refractivity contribution is -0.116. The molecule has 23 heavy (non-hydrogen) atoms. The van der Waals surface area contributed by atoms with Crippen LogP contribution in [0.5, 0.6) is 0 Å². The van der Waals surface area contributed by atoms with Gasteiger partial charge in [-0.05, 0) is 51.5 Å². The lowest BCUT2D eigenvalue weighted by Gasteiger charge is -2.18. The number of ketones is 2. The molecule has 4 nitrogen and oxygen atoms in total. The number of carbonyl (C=O) groups is 3. The van der Waals surface area contributed by atoms with Crippen LogP contribution >= 0.6 is 0 Å². The molecule has 1 aromatic carbocycles. The van der Waals surface area contributed by atoms with Gasteiger partial charge in [0.25, 0.3) is 5.91 Å². The number of halogens is 1. The van der Waals surface area contributed by atoms with Crippen LogP contribution in [0.25, 0.3) is 0 Å². The number of allylic oxidation sites excluding steroid dienone is 3. The molecule has 0 unspecified atom stereocenters. The first-order valence-corrected chi connectivity index (χ1v) is 7.33. The third kappa shape index (κ3) is 3.44. The third-order valence-electron chi connectivity index (χ3n) is 4.08. The van der Waals surface area contributed by atoms with Crippen molar-refractivity contribution in [2.75, 3.05) is 6.54 Å². The van der Waals surface area contributed by atoms with Crippen molar-refractivity contribution in [1.29, 1.82) is 0 Å². The van der Waals surface area contributed by atoms with E-state index in [0.29, 0.717) is 27.9 Å². The van der Waals surface area contributed by atoms with Crippen molar-refractivity contribution in [2.45, 2.75) is 27.2 Å². The quantitative estimate of drug-likeness (QED) is 0.869. The summed E-state index contributed by atoms with van der Waals surface area (Å²) >= 11 is 0. The molecular formula is C18H18FNO3. The minimum Gasteiger partial charge on any atom is -0.352 e. The molecule has 0 aromatic heterocycles. The second-order valence-corrected chi connectivity index (χ2v) is 5.52. The van der Waals surface area contributed by atoms with Crippen molar-refractivity contribution in [3.8, 4) is 0 Å². The molecule has 1 aliphatic rings. The molecule has 1 aliphatic carbocycles. The highest BCUT2D eigenvalue weighted by Crippen LogP contribution is 2.25. The molecular weight excluding hydrogens is 297 g/mol. The second-order valence-electron chi connectivity index (χ2n) is 5.52. The number of carbonyl (C=O) groups excluding carboxylic acids is 3. The standard InChI is InChI=1S/C18H18FNO3/c1-10-11(2)17(22)15(12(3)16(10)21)8-9-20-18(23)13-4-6-14(19)7-5-13/h4-7H,8-9H2,1-3H3,(H,20,23). The maximum Gasteiger partial charge on any atom is 0.251 e. The zero-order chi connectivity index (χ0) is 17.1. The van der Waals surface area contributed by atoms with Crippen molar-refractivity contribution < 1.29 is 18.8 Å². The van der Waals surface area contributed by atoms with Crippen LogP contribution in [0.15, 0.2) is 46.6 Å². The van der Waals surface area contributed by atoms with Crippen LogP contribution in [0, 0.1) is 5.82 Å². The van der Waals surface area contributed by atoms with Crippen molar-refractivity contribution in [3.63, 3.8) is 0 Å². The van der Waals surface area contributed by atoms with E-state index in [0.717, 1.165) is 0 Å². The normalized spacial score (nSPS) is 15.3. The van der Waals surface area contributed by atoms with Gasteiger partial charge in [0, 0.05) is 34.4 Å². The average Bonchev–Trinajstić information content (AvgIpc) is 2.54. The summed E-state index contributed by atoms with van der Waals surface area (Å²) in [5.41, 5.74) is 2.16. The zero-order valence-electron chi connectivity index (χ0n) is 13.3. The molecule has 5 heteroatoms. The highest BCUT2D eigenvalue weighted by Gasteiger charge is 2.27. The first kappa shape index (κ1) is 16.8. The van der Waals surface area contributed by atoms with Crippen molar-refractivity contribution in [1.82, 2.24) is 5.32 Å². The Morgan fingerprint density at radius 1 is 0.957 bits per heavy atom. The zero-order valence-corrected chi connectivity index (χ0v) is 13.3. The van der Waals surface area contributed by atoms with Gasteiger partial charge in [0.2, 0.25) is 0 Å². The SMILES string of the molecule is CC1=C(C)C(=O)C(CCNC(=O)c2ccc(F)cc2)=C(C)C1=O. The molecule has 0 fully saturated rings. The van der Waals surface area contributed by atoms with E-state index in [1.165, 1.54) is 24.3 Å². The largest absolute Gasteiger partial charge is 0.352 e. The predicted molar refractivity (Wildman–Crippen MR) is 84.4 cm³/mol. The maximum absolute atomic E-state index is 12.8. The Kier molecular flexibility index (Phi) is 4.89. The number of hydrogen-bond donors (Lipinski definition) is 1. The Morgan fingerprint density at radius 3 is 2.13 bits per heavy atom. The van der Waals surface area contributed by atoms with Gasteiger partial charge in [0.05, 0.1) is 0 Å². The van der Waals surface area contributed by atoms with E-state index in [1.807, 2.05) is 0 Å². The van der Waals surface area contributed by atoms with Crippen molar-refractivity contribution >= 4 is 17.5 Å². The smallest absolute Gasteiger partial charge is 0.251 e. The van der Waals surface area contributed by atoms with Crippen LogP contribution < -0.4 is 5.32 Å². The molecule has 1 N–H and O–H groups in total. The lowest BCUT2D eigenvalue weighted by Crippen LogP contribution is -2.27. The van der Waals surface area contributed by atoms with Gasteiger partial charge in [0.15, 0.2) is 11.6 Å². The molecule has 0 spiro atoms. The van der Waals surface area contributed by atoms with Gasteiger partial charge in [-0.25, -0.2) is 4.39 Å². The highest BCUT2D eigenvalue weighted by atomic mass is 19.1. The maximum atomic E-state index is 12.8. The summed E-state index contributed by atoms with van der Waals surface area (Å²) in [6, 6.07) is 5.20. The first-order valence-electron chi connectivity index (χ1n) is 7.33. The molecule has 0 radical (unpaired) electrons. The minimum atomic E-state index is -0.411. The summed E-state index contributed by atoms with van der Waals surface area (Å²) in [7, 11) is 0. The Morgan fingerprint density at radius 2 is 1.52 bits per heavy atom. The average molecular weight is 315 g/mol. The van der Waals surface area contributed by atoms with Crippen molar-refractivity contribution in [3.05, 3.63) is 57.9 Å². The fourth-order valence-corrected chi connectivity index (χ4v) is 2.46. The third-order valence-corrected chi connectivity index (χ3v) is 4.08. The Hall–Kier alpha value is -2.56. The Labute approximate surface area is 134 Å². The summed E-state index contributed by atoms with van der Waals surface area (Å²) < 4.78 is 12.8. The van der Waals surface area contributed by atoms with E-state index < -0.39 is 5.82 Å². The van der Waals surface area contributed by atoms with Crippen LogP contribution in [0.1, 0.15) is 37.6 Å². The van der Waals surface area contributed by atoms with Gasteiger partial charge in [0.1, 0.15) is 5.82 Å². The lowest BCUT2D eigenvalue weighted by atomic mass is 9.84. The number of benzene rings is 1. The molecule has 0 atom stereocenters. The second kappa shape index (κ2) is 6.69. The molecule has 0 aliphatic heterocycles. The van der Waals surface area contributed by atoms with Crippen LogP contribution in [0.3, 0.4) is 0 Å². The van der Waals surface area contributed by atoms with Gasteiger partial charge in [-0.3, -0.25) is 14.4 Å². The summed E-state index contributed by atoms with van der Waals surface area (Å²) in [5.74, 6) is -1.02. The first-order chi connectivity index (χ1) is 10.8. The molecule has 0 saturated carbocycles. The van der Waals surface area contributed by atoms with Gasteiger partial charge in [-0.15, -0.1) is 0 Å². The molecule has 0 heterocycles. The molecule has 1 aromatic rings. The van der Waals surface area contributed by atoms with Gasteiger partial charge < -0.3 is 5.32 Å². The van der Waals surface area contributed by atoms with Crippen LogP contribution in [-0.4, -0.2) is 24.0 Å². The highest BCUT2D eigenvalue weighted by molar-refractivity contribution is 6.24. The predicted octanol–water partition coefficient (Wildman–Crippen LogP) is 2.75. The van der Waals surface area contributed by atoms with E-state index >= 15 is 0 Å². The summed E-state index contributed by atoms with van der Waals surface area (Å²) in [5, 5.41) is 2.67. The van der Waals surface area contributed by atoms with Crippen molar-refractivity contribution in [2.24, 2.45) is 0 Å². The fraction of sp³-hybridized carbons (Fsp3) is 0.278. The number of Topliss-reactive ketones (excluding diaryl/α,β-unsaturated/α-hetero) is 2. The summed E-state index contributed by atoms with van der Waals surface area (Å²) in [6.07, 6.45) is 0.286. The molecule has 1 amide bonds. The van der Waals surface area contributed by atoms with E-state index in [2.05, 4.69) is 5.32 Å². The van der Waals surface area contributed by atoms with Crippen LogP contribution in [0.2, 0.25) is 0 Å². The van der Waals surface area contributed by atoms with Gasteiger partial charge >= 0.3 is 0 Å². The molecule has 120 valence electrons. The topological polar surface area (TPSA) is 63.2 Å². The number of amides is 1. The number of nitrogens with one attached hydrogen (secondary N) is 1. The van der Waals surface area contributed by atoms with Gasteiger partial charge in [-0.2, -0.15) is 0 Å². The van der Waals surface area contributed by atoms with Crippen LogP contribution in [0.4, 0.5) is 4.39 Å². The van der Waals surface area contributed by atoms with E-state index in [1.54, 1.807) is 20.8 Å². The molecule has 0 bridgehead atoms. The summed E-state index contributed by atoms with van der Waals surface area (Å²) in [4.78, 5) is 36.2. The molecule has 0 saturated heterocycles. The van der Waals surface area contributed by atoms with E-state index in [9.17, 15) is 18.8 Å². The fourth-order valence-electron chi connectivity index (χ4n) is 2.46. The number of rotatable bonds is 4. The van der Waals surface area contributed by atoms with E-state index in [-0.39, 0.29) is 30.4 Å². The molecule has 2 rings (SSSR count). The van der Waals surface area contributed by atoms with E-state index in [4.69, 9.17) is 0 Å². The monoisotopic (exact) mass is 315 g/mol.